The highest BCUT2D eigenvalue weighted by molar-refractivity contribution is 5.55. The summed E-state index contributed by atoms with van der Waals surface area (Å²) in [6.07, 6.45) is 0. The van der Waals surface area contributed by atoms with Crippen LogP contribution < -0.4 is 10.2 Å². The SMILES string of the molecule is CCNC(C)c1cc(F)ccc1N(C)C(C)C. The zero-order valence-corrected chi connectivity index (χ0v) is 11.4. The van der Waals surface area contributed by atoms with Gasteiger partial charge in [-0.3, -0.25) is 0 Å². The number of nitrogens with one attached hydrogen (secondary N) is 1. The average molecular weight is 238 g/mol. The molecule has 0 aliphatic heterocycles. The van der Waals surface area contributed by atoms with Gasteiger partial charge in [-0.2, -0.15) is 0 Å². The van der Waals surface area contributed by atoms with Crippen LogP contribution in [0, 0.1) is 5.82 Å². The number of benzene rings is 1. The fourth-order valence-corrected chi connectivity index (χ4v) is 1.89. The Bertz CT molecular complexity index is 363. The van der Waals surface area contributed by atoms with E-state index in [0.29, 0.717) is 6.04 Å². The van der Waals surface area contributed by atoms with E-state index in [9.17, 15) is 4.39 Å². The Labute approximate surface area is 104 Å². The van der Waals surface area contributed by atoms with Gasteiger partial charge in [-0.25, -0.2) is 4.39 Å². The summed E-state index contributed by atoms with van der Waals surface area (Å²) >= 11 is 0. The third kappa shape index (κ3) is 3.43. The number of hydrogen-bond acceptors (Lipinski definition) is 2. The van der Waals surface area contributed by atoms with Crippen LogP contribution in [0.25, 0.3) is 0 Å². The molecule has 0 saturated heterocycles. The zero-order chi connectivity index (χ0) is 13.0. The number of nitrogens with zero attached hydrogens (tertiary/aromatic N) is 1. The summed E-state index contributed by atoms with van der Waals surface area (Å²) < 4.78 is 13.4. The second-order valence-electron chi connectivity index (χ2n) is 4.69. The molecule has 2 nitrogen and oxygen atoms in total. The van der Waals surface area contributed by atoms with Gasteiger partial charge >= 0.3 is 0 Å². The lowest BCUT2D eigenvalue weighted by Crippen LogP contribution is -2.28. The van der Waals surface area contributed by atoms with E-state index < -0.39 is 0 Å². The molecule has 0 amide bonds. The number of halogens is 1. The van der Waals surface area contributed by atoms with Crippen LogP contribution in [0.15, 0.2) is 18.2 Å². The van der Waals surface area contributed by atoms with Crippen LogP contribution in [0.1, 0.15) is 39.3 Å². The van der Waals surface area contributed by atoms with Crippen LogP contribution in [-0.2, 0) is 0 Å². The van der Waals surface area contributed by atoms with Gasteiger partial charge in [-0.1, -0.05) is 6.92 Å². The summed E-state index contributed by atoms with van der Waals surface area (Å²) in [7, 11) is 2.04. The van der Waals surface area contributed by atoms with E-state index in [1.807, 2.05) is 13.1 Å². The topological polar surface area (TPSA) is 15.3 Å². The summed E-state index contributed by atoms with van der Waals surface area (Å²) in [4.78, 5) is 2.17. The molecule has 0 aliphatic carbocycles. The molecule has 17 heavy (non-hydrogen) atoms. The van der Waals surface area contributed by atoms with Gasteiger partial charge in [0, 0.05) is 24.8 Å². The van der Waals surface area contributed by atoms with Crippen LogP contribution >= 0.6 is 0 Å². The zero-order valence-electron chi connectivity index (χ0n) is 11.4. The van der Waals surface area contributed by atoms with Gasteiger partial charge < -0.3 is 10.2 Å². The van der Waals surface area contributed by atoms with Gasteiger partial charge in [0.15, 0.2) is 0 Å². The summed E-state index contributed by atoms with van der Waals surface area (Å²) in [6, 6.07) is 5.57. The number of hydrogen-bond donors (Lipinski definition) is 1. The van der Waals surface area contributed by atoms with E-state index in [0.717, 1.165) is 17.8 Å². The standard InChI is InChI=1S/C14H23FN2/c1-6-16-11(4)13-9-12(15)7-8-14(13)17(5)10(2)3/h7-11,16H,6H2,1-5H3. The third-order valence-corrected chi connectivity index (χ3v) is 3.12. The van der Waals surface area contributed by atoms with Crippen molar-refractivity contribution in [3.63, 3.8) is 0 Å². The predicted octanol–water partition coefficient (Wildman–Crippen LogP) is 3.34. The van der Waals surface area contributed by atoms with Crippen LogP contribution in [-0.4, -0.2) is 19.6 Å². The minimum absolute atomic E-state index is 0.159. The number of anilines is 1. The molecule has 1 unspecified atom stereocenters. The smallest absolute Gasteiger partial charge is 0.123 e. The molecule has 0 bridgehead atoms. The lowest BCUT2D eigenvalue weighted by Gasteiger charge is -2.28. The third-order valence-electron chi connectivity index (χ3n) is 3.12. The van der Waals surface area contributed by atoms with Crippen LogP contribution in [0.5, 0.6) is 0 Å². The quantitative estimate of drug-likeness (QED) is 0.846. The molecular weight excluding hydrogens is 215 g/mol. The van der Waals surface area contributed by atoms with Gasteiger partial charge in [0.25, 0.3) is 0 Å². The first-order valence-corrected chi connectivity index (χ1v) is 6.23. The first kappa shape index (κ1) is 14.0. The highest BCUT2D eigenvalue weighted by Crippen LogP contribution is 2.27. The molecule has 1 aromatic carbocycles. The molecule has 3 heteroatoms. The first-order valence-electron chi connectivity index (χ1n) is 6.23. The lowest BCUT2D eigenvalue weighted by molar-refractivity contribution is 0.579. The van der Waals surface area contributed by atoms with E-state index in [-0.39, 0.29) is 11.9 Å². The van der Waals surface area contributed by atoms with E-state index in [4.69, 9.17) is 0 Å². The summed E-state index contributed by atoms with van der Waals surface area (Å²) in [5.41, 5.74) is 2.11. The fraction of sp³-hybridized carbons (Fsp3) is 0.571. The van der Waals surface area contributed by atoms with Crippen molar-refractivity contribution in [3.05, 3.63) is 29.6 Å². The molecule has 0 spiro atoms. The van der Waals surface area contributed by atoms with Crippen molar-refractivity contribution >= 4 is 5.69 Å². The van der Waals surface area contributed by atoms with Crippen LogP contribution in [0.2, 0.25) is 0 Å². The van der Waals surface area contributed by atoms with Crippen molar-refractivity contribution in [1.29, 1.82) is 0 Å². The van der Waals surface area contributed by atoms with Crippen molar-refractivity contribution in [1.82, 2.24) is 5.32 Å². The summed E-state index contributed by atoms with van der Waals surface area (Å²) in [5, 5.41) is 3.33. The monoisotopic (exact) mass is 238 g/mol. The molecule has 0 aromatic heterocycles. The molecule has 1 aromatic rings. The minimum Gasteiger partial charge on any atom is -0.372 e. The van der Waals surface area contributed by atoms with Gasteiger partial charge in [-0.15, -0.1) is 0 Å². The highest BCUT2D eigenvalue weighted by atomic mass is 19.1. The molecule has 0 saturated carbocycles. The Morgan fingerprint density at radius 1 is 1.29 bits per heavy atom. The Balaban J connectivity index is 3.11. The Kier molecular flexibility index (Phi) is 4.94. The maximum Gasteiger partial charge on any atom is 0.123 e. The molecule has 1 rings (SSSR count). The molecule has 0 heterocycles. The molecule has 0 aliphatic rings. The van der Waals surface area contributed by atoms with Crippen molar-refractivity contribution in [2.75, 3.05) is 18.5 Å². The largest absolute Gasteiger partial charge is 0.372 e. The van der Waals surface area contributed by atoms with Gasteiger partial charge in [0.2, 0.25) is 0 Å². The van der Waals surface area contributed by atoms with Crippen LogP contribution in [0.4, 0.5) is 10.1 Å². The van der Waals surface area contributed by atoms with Crippen molar-refractivity contribution < 1.29 is 4.39 Å². The second-order valence-corrected chi connectivity index (χ2v) is 4.69. The second kappa shape index (κ2) is 6.01. The normalized spacial score (nSPS) is 12.9. The van der Waals surface area contributed by atoms with E-state index >= 15 is 0 Å². The number of rotatable bonds is 5. The van der Waals surface area contributed by atoms with Crippen molar-refractivity contribution in [2.24, 2.45) is 0 Å². The maximum atomic E-state index is 13.4. The Morgan fingerprint density at radius 2 is 1.94 bits per heavy atom. The lowest BCUT2D eigenvalue weighted by atomic mass is 10.0. The minimum atomic E-state index is -0.175. The molecule has 96 valence electrons. The van der Waals surface area contributed by atoms with Crippen molar-refractivity contribution in [2.45, 2.75) is 39.8 Å². The van der Waals surface area contributed by atoms with E-state index in [1.54, 1.807) is 6.07 Å². The Hall–Kier alpha value is -1.09. The van der Waals surface area contributed by atoms with Gasteiger partial charge in [-0.05, 0) is 51.1 Å². The van der Waals surface area contributed by atoms with E-state index in [1.165, 1.54) is 6.07 Å². The van der Waals surface area contributed by atoms with Gasteiger partial charge in [0.05, 0.1) is 0 Å². The molecule has 0 radical (unpaired) electrons. The van der Waals surface area contributed by atoms with Crippen LogP contribution in [0.3, 0.4) is 0 Å². The Morgan fingerprint density at radius 3 is 2.47 bits per heavy atom. The predicted molar refractivity (Wildman–Crippen MR) is 72.0 cm³/mol. The molecule has 1 N–H and O–H groups in total. The fourth-order valence-electron chi connectivity index (χ4n) is 1.89. The molecular formula is C14H23FN2. The van der Waals surface area contributed by atoms with Gasteiger partial charge in [0.1, 0.15) is 5.82 Å². The summed E-state index contributed by atoms with van der Waals surface area (Å²) in [6.45, 7) is 9.26. The van der Waals surface area contributed by atoms with E-state index in [2.05, 4.69) is 37.9 Å². The highest BCUT2D eigenvalue weighted by Gasteiger charge is 2.15. The molecule has 0 fully saturated rings. The maximum absolute atomic E-state index is 13.4. The first-order chi connectivity index (χ1) is 7.97. The summed E-state index contributed by atoms with van der Waals surface area (Å²) in [5.74, 6) is -0.175. The molecule has 1 atom stereocenters. The average Bonchev–Trinajstić information content (AvgIpc) is 2.28. The van der Waals surface area contributed by atoms with Crippen molar-refractivity contribution in [3.8, 4) is 0 Å².